The molecule has 0 saturated heterocycles. The van der Waals surface area contributed by atoms with E-state index < -0.39 is 0 Å². The van der Waals surface area contributed by atoms with Crippen LogP contribution in [0.15, 0.2) is 34.9 Å². The Bertz CT molecular complexity index is 494. The number of hydrogen-bond donors (Lipinski definition) is 0. The zero-order chi connectivity index (χ0) is 9.97. The van der Waals surface area contributed by atoms with Gasteiger partial charge in [-0.1, -0.05) is 0 Å². The summed E-state index contributed by atoms with van der Waals surface area (Å²) < 4.78 is 5.43. The third-order valence-electron chi connectivity index (χ3n) is 1.90. The van der Waals surface area contributed by atoms with Crippen molar-refractivity contribution in [3.63, 3.8) is 0 Å². The van der Waals surface area contributed by atoms with E-state index in [1.807, 2.05) is 31.2 Å². The Morgan fingerprint density at radius 3 is 2.86 bits per heavy atom. The Balaban J connectivity index is 2.47. The highest BCUT2D eigenvalue weighted by molar-refractivity contribution is 5.58. The highest BCUT2D eigenvalue weighted by atomic mass is 16.3. The lowest BCUT2D eigenvalue weighted by atomic mass is 10.2. The van der Waals surface area contributed by atoms with E-state index >= 15 is 0 Å². The largest absolute Gasteiger partial charge is 0.461 e. The van der Waals surface area contributed by atoms with Gasteiger partial charge in [0.25, 0.3) is 0 Å². The Morgan fingerprint density at radius 2 is 2.21 bits per heavy atom. The summed E-state index contributed by atoms with van der Waals surface area (Å²) in [5, 5.41) is 8.67. The standard InChI is InChI=1S/C11H8N2O/c1-8-2-3-11(14-8)9-4-5-13-10(6-9)7-12/h2-6H,1H3. The minimum absolute atomic E-state index is 0.400. The molecule has 0 amide bonds. The highest BCUT2D eigenvalue weighted by Gasteiger charge is 2.03. The van der Waals surface area contributed by atoms with Gasteiger partial charge in [0.05, 0.1) is 0 Å². The SMILES string of the molecule is Cc1ccc(-c2ccnc(C#N)c2)o1. The molecule has 3 nitrogen and oxygen atoms in total. The maximum atomic E-state index is 8.67. The van der Waals surface area contributed by atoms with Crippen molar-refractivity contribution in [2.24, 2.45) is 0 Å². The van der Waals surface area contributed by atoms with Gasteiger partial charge >= 0.3 is 0 Å². The van der Waals surface area contributed by atoms with Gasteiger partial charge in [0.15, 0.2) is 0 Å². The van der Waals surface area contributed by atoms with Crippen LogP contribution < -0.4 is 0 Å². The van der Waals surface area contributed by atoms with Gasteiger partial charge in [0, 0.05) is 11.8 Å². The summed E-state index contributed by atoms with van der Waals surface area (Å²) in [5.41, 5.74) is 1.28. The van der Waals surface area contributed by atoms with E-state index in [1.165, 1.54) is 0 Å². The fourth-order valence-corrected chi connectivity index (χ4v) is 1.23. The molecule has 0 unspecified atom stereocenters. The van der Waals surface area contributed by atoms with Gasteiger partial charge in [0.2, 0.25) is 0 Å². The summed E-state index contributed by atoms with van der Waals surface area (Å²) in [4.78, 5) is 3.89. The summed E-state index contributed by atoms with van der Waals surface area (Å²) in [7, 11) is 0. The minimum Gasteiger partial charge on any atom is -0.461 e. The number of nitrogens with zero attached hydrogens (tertiary/aromatic N) is 2. The molecule has 0 aliphatic rings. The lowest BCUT2D eigenvalue weighted by Gasteiger charge is -1.95. The van der Waals surface area contributed by atoms with Gasteiger partial charge in [-0.3, -0.25) is 0 Å². The molecule has 0 aliphatic carbocycles. The van der Waals surface area contributed by atoms with Crippen LogP contribution in [0.25, 0.3) is 11.3 Å². The molecule has 68 valence electrons. The van der Waals surface area contributed by atoms with Gasteiger partial charge in [0.1, 0.15) is 23.3 Å². The van der Waals surface area contributed by atoms with Gasteiger partial charge in [-0.2, -0.15) is 5.26 Å². The second kappa shape index (κ2) is 3.35. The molecule has 2 heterocycles. The summed E-state index contributed by atoms with van der Waals surface area (Å²) in [6.07, 6.45) is 1.60. The number of furan rings is 1. The van der Waals surface area contributed by atoms with Crippen LogP contribution in [0.4, 0.5) is 0 Å². The molecule has 0 radical (unpaired) electrons. The van der Waals surface area contributed by atoms with Crippen molar-refractivity contribution in [3.05, 3.63) is 41.9 Å². The molecule has 2 aromatic heterocycles. The number of aromatic nitrogens is 1. The van der Waals surface area contributed by atoms with E-state index in [1.54, 1.807) is 12.3 Å². The predicted octanol–water partition coefficient (Wildman–Crippen LogP) is 2.52. The van der Waals surface area contributed by atoms with Crippen LogP contribution in [-0.2, 0) is 0 Å². The van der Waals surface area contributed by atoms with E-state index in [4.69, 9.17) is 9.68 Å². The smallest absolute Gasteiger partial charge is 0.141 e. The highest BCUT2D eigenvalue weighted by Crippen LogP contribution is 2.21. The molecule has 0 bridgehead atoms. The molecule has 0 spiro atoms. The molecule has 0 fully saturated rings. The third-order valence-corrected chi connectivity index (χ3v) is 1.90. The molecule has 0 aromatic carbocycles. The maximum absolute atomic E-state index is 8.67. The predicted molar refractivity (Wildman–Crippen MR) is 51.4 cm³/mol. The molecular weight excluding hydrogens is 176 g/mol. The molecule has 2 rings (SSSR count). The molecule has 3 heteroatoms. The average Bonchev–Trinajstić information content (AvgIpc) is 2.65. The Morgan fingerprint density at radius 1 is 1.36 bits per heavy atom. The van der Waals surface area contributed by atoms with Crippen LogP contribution in [0.1, 0.15) is 11.5 Å². The maximum Gasteiger partial charge on any atom is 0.141 e. The van der Waals surface area contributed by atoms with E-state index in [9.17, 15) is 0 Å². The Labute approximate surface area is 81.6 Å². The van der Waals surface area contributed by atoms with E-state index in [2.05, 4.69) is 4.98 Å². The number of nitriles is 1. The van der Waals surface area contributed by atoms with E-state index in [0.29, 0.717) is 5.69 Å². The molecule has 0 aliphatic heterocycles. The third kappa shape index (κ3) is 1.50. The summed E-state index contributed by atoms with van der Waals surface area (Å²) in [5.74, 6) is 1.62. The quantitative estimate of drug-likeness (QED) is 0.684. The summed E-state index contributed by atoms with van der Waals surface area (Å²) in [6.45, 7) is 1.88. The van der Waals surface area contributed by atoms with Crippen LogP contribution in [0.3, 0.4) is 0 Å². The monoisotopic (exact) mass is 184 g/mol. The van der Waals surface area contributed by atoms with Crippen molar-refractivity contribution in [3.8, 4) is 17.4 Å². The molecule has 0 N–H and O–H groups in total. The molecular formula is C11H8N2O. The van der Waals surface area contributed by atoms with Crippen molar-refractivity contribution < 1.29 is 4.42 Å². The second-order valence-electron chi connectivity index (χ2n) is 2.95. The lowest BCUT2D eigenvalue weighted by molar-refractivity contribution is 0.548. The van der Waals surface area contributed by atoms with Crippen molar-refractivity contribution in [1.29, 1.82) is 5.26 Å². The number of rotatable bonds is 1. The minimum atomic E-state index is 0.400. The van der Waals surface area contributed by atoms with Gasteiger partial charge in [-0.25, -0.2) is 4.98 Å². The summed E-state index contributed by atoms with van der Waals surface area (Å²) in [6, 6.07) is 9.29. The number of aryl methyl sites for hydroxylation is 1. The Hall–Kier alpha value is -2.08. The van der Waals surface area contributed by atoms with Gasteiger partial charge in [-0.05, 0) is 31.2 Å². The molecule has 0 saturated carbocycles. The average molecular weight is 184 g/mol. The molecule has 2 aromatic rings. The fourth-order valence-electron chi connectivity index (χ4n) is 1.23. The van der Waals surface area contributed by atoms with Crippen LogP contribution in [-0.4, -0.2) is 4.98 Å². The number of hydrogen-bond acceptors (Lipinski definition) is 3. The second-order valence-corrected chi connectivity index (χ2v) is 2.95. The first-order valence-corrected chi connectivity index (χ1v) is 4.22. The van der Waals surface area contributed by atoms with Crippen molar-refractivity contribution in [2.45, 2.75) is 6.92 Å². The van der Waals surface area contributed by atoms with Crippen LogP contribution >= 0.6 is 0 Å². The zero-order valence-electron chi connectivity index (χ0n) is 7.69. The van der Waals surface area contributed by atoms with Crippen LogP contribution in [0.5, 0.6) is 0 Å². The lowest BCUT2D eigenvalue weighted by Crippen LogP contribution is -1.82. The number of pyridine rings is 1. The van der Waals surface area contributed by atoms with Crippen molar-refractivity contribution in [2.75, 3.05) is 0 Å². The first-order chi connectivity index (χ1) is 6.79. The fraction of sp³-hybridized carbons (Fsp3) is 0.0909. The van der Waals surface area contributed by atoms with Crippen LogP contribution in [0.2, 0.25) is 0 Å². The topological polar surface area (TPSA) is 49.8 Å². The summed E-state index contributed by atoms with van der Waals surface area (Å²) >= 11 is 0. The zero-order valence-corrected chi connectivity index (χ0v) is 7.69. The first kappa shape index (κ1) is 8.52. The first-order valence-electron chi connectivity index (χ1n) is 4.22. The van der Waals surface area contributed by atoms with E-state index in [-0.39, 0.29) is 0 Å². The molecule has 0 atom stereocenters. The van der Waals surface area contributed by atoms with Gasteiger partial charge in [-0.15, -0.1) is 0 Å². The Kier molecular flexibility index (Phi) is 2.04. The van der Waals surface area contributed by atoms with E-state index in [0.717, 1.165) is 17.1 Å². The molecule has 14 heavy (non-hydrogen) atoms. The van der Waals surface area contributed by atoms with Crippen molar-refractivity contribution in [1.82, 2.24) is 4.98 Å². The normalized spacial score (nSPS) is 9.71. The van der Waals surface area contributed by atoms with Crippen LogP contribution in [0, 0.1) is 18.3 Å². The van der Waals surface area contributed by atoms with Gasteiger partial charge < -0.3 is 4.42 Å². The van der Waals surface area contributed by atoms with Crippen molar-refractivity contribution >= 4 is 0 Å².